The Balaban J connectivity index is 2.76. The zero-order valence-electron chi connectivity index (χ0n) is 12.1. The summed E-state index contributed by atoms with van der Waals surface area (Å²) in [6, 6.07) is 3.97. The number of aryl methyl sites for hydroxylation is 2. The molecule has 0 saturated carbocycles. The van der Waals surface area contributed by atoms with E-state index in [0.29, 0.717) is 5.69 Å². The molecule has 2 nitrogen and oxygen atoms in total. The van der Waals surface area contributed by atoms with Crippen molar-refractivity contribution in [2.75, 3.05) is 5.73 Å². The van der Waals surface area contributed by atoms with E-state index in [1.807, 2.05) is 12.1 Å². The number of nitrogens with zero attached hydrogens (tertiary/aromatic N) is 1. The molecule has 100 valence electrons. The smallest absolute Gasteiger partial charge is 0.0740 e. The van der Waals surface area contributed by atoms with Crippen LogP contribution in [0.15, 0.2) is 17.0 Å². The van der Waals surface area contributed by atoms with E-state index in [4.69, 9.17) is 10.7 Å². The molecule has 2 aromatic rings. The Morgan fingerprint density at radius 2 is 1.58 bits per heavy atom. The fourth-order valence-electron chi connectivity index (χ4n) is 2.29. The van der Waals surface area contributed by atoms with E-state index in [2.05, 4.69) is 47.2 Å². The van der Waals surface area contributed by atoms with Gasteiger partial charge < -0.3 is 5.73 Å². The lowest BCUT2D eigenvalue weighted by Crippen LogP contribution is -2.01. The predicted octanol–water partition coefficient (Wildman–Crippen LogP) is 4.16. The summed E-state index contributed by atoms with van der Waals surface area (Å²) in [4.78, 5) is 5.57. The van der Waals surface area contributed by atoms with Crippen LogP contribution in [0.5, 0.6) is 0 Å². The molecule has 0 spiro atoms. The molecule has 3 heteroatoms. The molecule has 0 saturated heterocycles. The summed E-state index contributed by atoms with van der Waals surface area (Å²) < 4.78 is 0. The second-order valence-electron chi connectivity index (χ2n) is 5.15. The maximum absolute atomic E-state index is 5.98. The number of rotatable bonds is 1. The third-order valence-electron chi connectivity index (χ3n) is 3.93. The van der Waals surface area contributed by atoms with Crippen molar-refractivity contribution in [3.8, 4) is 11.3 Å². The topological polar surface area (TPSA) is 38.9 Å². The van der Waals surface area contributed by atoms with Gasteiger partial charge in [0.15, 0.2) is 0 Å². The van der Waals surface area contributed by atoms with E-state index in [0.717, 1.165) is 27.4 Å². The summed E-state index contributed by atoms with van der Waals surface area (Å²) in [6.45, 7) is 10.5. The van der Waals surface area contributed by atoms with E-state index >= 15 is 0 Å². The van der Waals surface area contributed by atoms with Crippen LogP contribution < -0.4 is 5.73 Å². The zero-order valence-corrected chi connectivity index (χ0v) is 13.0. The number of thiol groups is 1. The van der Waals surface area contributed by atoms with Crippen LogP contribution in [0.3, 0.4) is 0 Å². The molecule has 2 rings (SSSR count). The number of benzene rings is 1. The van der Waals surface area contributed by atoms with Crippen LogP contribution in [0, 0.1) is 34.6 Å². The van der Waals surface area contributed by atoms with E-state index in [9.17, 15) is 0 Å². The van der Waals surface area contributed by atoms with Crippen molar-refractivity contribution in [1.29, 1.82) is 0 Å². The highest BCUT2D eigenvalue weighted by Gasteiger charge is 2.13. The number of pyridine rings is 1. The minimum Gasteiger partial charge on any atom is -0.398 e. The summed E-state index contributed by atoms with van der Waals surface area (Å²) in [6.07, 6.45) is 0. The van der Waals surface area contributed by atoms with Gasteiger partial charge in [-0.15, -0.1) is 12.6 Å². The molecule has 1 aromatic heterocycles. The number of hydrogen-bond acceptors (Lipinski definition) is 3. The van der Waals surface area contributed by atoms with E-state index in [-0.39, 0.29) is 0 Å². The van der Waals surface area contributed by atoms with Gasteiger partial charge in [0.1, 0.15) is 0 Å². The molecular weight excluding hydrogens is 252 g/mol. The molecule has 0 amide bonds. The molecular formula is C16H20N2S. The lowest BCUT2D eigenvalue weighted by Gasteiger charge is -2.16. The number of anilines is 1. The van der Waals surface area contributed by atoms with E-state index < -0.39 is 0 Å². The average Bonchev–Trinajstić information content (AvgIpc) is 2.36. The fraction of sp³-hybridized carbons (Fsp3) is 0.312. The van der Waals surface area contributed by atoms with Crippen molar-refractivity contribution in [2.45, 2.75) is 39.5 Å². The highest BCUT2D eigenvalue weighted by Crippen LogP contribution is 2.32. The normalized spacial score (nSPS) is 10.8. The van der Waals surface area contributed by atoms with Crippen LogP contribution in [0.25, 0.3) is 11.3 Å². The lowest BCUT2D eigenvalue weighted by atomic mass is 9.95. The van der Waals surface area contributed by atoms with Gasteiger partial charge in [0.25, 0.3) is 0 Å². The van der Waals surface area contributed by atoms with Gasteiger partial charge in [-0.3, -0.25) is 4.98 Å². The van der Waals surface area contributed by atoms with Gasteiger partial charge in [0.2, 0.25) is 0 Å². The Bertz CT molecular complexity index is 661. The Morgan fingerprint density at radius 1 is 0.947 bits per heavy atom. The second kappa shape index (κ2) is 4.89. The molecule has 0 atom stereocenters. The standard InChI is InChI=1S/C16H20N2S/c1-8-6-15(19)14(17)7-13(8)16-11(4)9(2)10(3)12(5)18-16/h6-7,19H,17H2,1-5H3. The first kappa shape index (κ1) is 13.9. The van der Waals surface area contributed by atoms with E-state index in [1.54, 1.807) is 0 Å². The quantitative estimate of drug-likeness (QED) is 0.604. The van der Waals surface area contributed by atoms with Crippen LogP contribution in [0.2, 0.25) is 0 Å². The van der Waals surface area contributed by atoms with Crippen LogP contribution >= 0.6 is 12.6 Å². The van der Waals surface area contributed by atoms with Crippen LogP contribution in [0.1, 0.15) is 27.9 Å². The second-order valence-corrected chi connectivity index (χ2v) is 5.63. The summed E-state index contributed by atoms with van der Waals surface area (Å²) in [5.41, 5.74) is 14.8. The minimum absolute atomic E-state index is 0.695. The third-order valence-corrected chi connectivity index (χ3v) is 4.32. The van der Waals surface area contributed by atoms with Crippen LogP contribution in [-0.4, -0.2) is 4.98 Å². The molecule has 1 heterocycles. The highest BCUT2D eigenvalue weighted by atomic mass is 32.1. The van der Waals surface area contributed by atoms with Gasteiger partial charge in [-0.25, -0.2) is 0 Å². The van der Waals surface area contributed by atoms with Crippen molar-refractivity contribution in [3.05, 3.63) is 40.1 Å². The van der Waals surface area contributed by atoms with Crippen molar-refractivity contribution in [2.24, 2.45) is 0 Å². The van der Waals surface area contributed by atoms with Crippen LogP contribution in [-0.2, 0) is 0 Å². The Hall–Kier alpha value is -1.48. The van der Waals surface area contributed by atoms with Gasteiger partial charge in [0.05, 0.1) is 5.69 Å². The first-order valence-electron chi connectivity index (χ1n) is 6.36. The number of hydrogen-bond donors (Lipinski definition) is 2. The Kier molecular flexibility index (Phi) is 3.59. The number of aromatic nitrogens is 1. The fourth-order valence-corrected chi connectivity index (χ4v) is 2.55. The first-order chi connectivity index (χ1) is 8.82. The SMILES string of the molecule is Cc1cc(S)c(N)cc1-c1nc(C)c(C)c(C)c1C. The summed E-state index contributed by atoms with van der Waals surface area (Å²) in [7, 11) is 0. The molecule has 1 aromatic carbocycles. The molecule has 0 unspecified atom stereocenters. The monoisotopic (exact) mass is 272 g/mol. The molecule has 0 aliphatic rings. The molecule has 0 radical (unpaired) electrons. The Morgan fingerprint density at radius 3 is 2.21 bits per heavy atom. The van der Waals surface area contributed by atoms with Gasteiger partial charge in [0, 0.05) is 21.8 Å². The molecule has 0 bridgehead atoms. The maximum Gasteiger partial charge on any atom is 0.0740 e. The van der Waals surface area contributed by atoms with Crippen molar-refractivity contribution in [3.63, 3.8) is 0 Å². The predicted molar refractivity (Wildman–Crippen MR) is 85.0 cm³/mol. The van der Waals surface area contributed by atoms with Gasteiger partial charge >= 0.3 is 0 Å². The molecule has 0 aliphatic heterocycles. The van der Waals surface area contributed by atoms with Crippen molar-refractivity contribution < 1.29 is 0 Å². The summed E-state index contributed by atoms with van der Waals surface area (Å²) >= 11 is 4.36. The average molecular weight is 272 g/mol. The minimum atomic E-state index is 0.695. The Labute approximate surface area is 120 Å². The summed E-state index contributed by atoms with van der Waals surface area (Å²) in [5, 5.41) is 0. The van der Waals surface area contributed by atoms with Gasteiger partial charge in [-0.1, -0.05) is 0 Å². The number of nitrogens with two attached hydrogens (primary N) is 1. The summed E-state index contributed by atoms with van der Waals surface area (Å²) in [5.74, 6) is 0. The number of nitrogen functional groups attached to an aromatic ring is 1. The highest BCUT2D eigenvalue weighted by molar-refractivity contribution is 7.80. The van der Waals surface area contributed by atoms with Crippen molar-refractivity contribution >= 4 is 18.3 Å². The van der Waals surface area contributed by atoms with Gasteiger partial charge in [-0.05, 0) is 69.0 Å². The van der Waals surface area contributed by atoms with Gasteiger partial charge in [-0.2, -0.15) is 0 Å². The molecule has 0 fully saturated rings. The van der Waals surface area contributed by atoms with Crippen LogP contribution in [0.4, 0.5) is 5.69 Å². The van der Waals surface area contributed by atoms with Crippen molar-refractivity contribution in [1.82, 2.24) is 4.98 Å². The maximum atomic E-state index is 5.98. The third kappa shape index (κ3) is 2.35. The molecule has 19 heavy (non-hydrogen) atoms. The largest absolute Gasteiger partial charge is 0.398 e. The zero-order chi connectivity index (χ0) is 14.3. The first-order valence-corrected chi connectivity index (χ1v) is 6.81. The van der Waals surface area contributed by atoms with E-state index in [1.165, 1.54) is 16.7 Å². The molecule has 0 aliphatic carbocycles. The molecule has 2 N–H and O–H groups in total. The lowest BCUT2D eigenvalue weighted by molar-refractivity contribution is 1.09.